The summed E-state index contributed by atoms with van der Waals surface area (Å²) in [5, 5.41) is 9.75. The van der Waals surface area contributed by atoms with Crippen molar-refractivity contribution in [1.29, 1.82) is 0 Å². The number of rotatable bonds is 4. The molecule has 0 radical (unpaired) electrons. The van der Waals surface area contributed by atoms with Gasteiger partial charge in [0.1, 0.15) is 0 Å². The van der Waals surface area contributed by atoms with E-state index < -0.39 is 23.7 Å². The molecule has 3 heterocycles. The second-order valence-electron chi connectivity index (χ2n) is 7.61. The van der Waals surface area contributed by atoms with Crippen LogP contribution in [0.15, 0.2) is 60.9 Å². The van der Waals surface area contributed by atoms with Crippen molar-refractivity contribution in [3.05, 3.63) is 77.9 Å². The number of hydrogen-bond donors (Lipinski definition) is 3. The molecule has 5 aromatic rings. The minimum Gasteiger partial charge on any atom is -0.343 e. The van der Waals surface area contributed by atoms with Crippen molar-refractivity contribution in [1.82, 2.24) is 30.5 Å². The lowest BCUT2D eigenvalue weighted by atomic mass is 10.0. The number of fused-ring (bicyclic) bond motifs is 2. The van der Waals surface area contributed by atoms with E-state index in [0.717, 1.165) is 34.3 Å². The third kappa shape index (κ3) is 3.91. The average Bonchev–Trinajstić information content (AvgIpc) is 3.41. The summed E-state index contributed by atoms with van der Waals surface area (Å²) in [7, 11) is 0. The molecule has 0 aliphatic heterocycles. The maximum Gasteiger partial charge on any atom is 0.416 e. The number of H-pyrrole nitrogens is 2. The molecule has 33 heavy (non-hydrogen) atoms. The highest BCUT2D eigenvalue weighted by Crippen LogP contribution is 2.31. The van der Waals surface area contributed by atoms with Crippen LogP contribution in [0.4, 0.5) is 13.2 Å². The number of aromatic nitrogens is 5. The lowest BCUT2D eigenvalue weighted by Crippen LogP contribution is -2.27. The first kappa shape index (κ1) is 20.7. The Labute approximate surface area is 185 Å². The molecule has 1 atom stereocenters. The second kappa shape index (κ2) is 7.73. The Morgan fingerprint density at radius 1 is 1.00 bits per heavy atom. The number of imidazole rings is 1. The van der Waals surface area contributed by atoms with E-state index in [-0.39, 0.29) is 5.82 Å². The van der Waals surface area contributed by atoms with Gasteiger partial charge in [-0.25, -0.2) is 9.97 Å². The third-order valence-electron chi connectivity index (χ3n) is 5.39. The monoisotopic (exact) mass is 450 g/mol. The molecule has 7 nitrogen and oxygen atoms in total. The first-order chi connectivity index (χ1) is 15.8. The van der Waals surface area contributed by atoms with E-state index in [1.54, 1.807) is 25.4 Å². The number of carbonyl (C=O) groups is 1. The average molecular weight is 450 g/mol. The summed E-state index contributed by atoms with van der Waals surface area (Å²) in [5.41, 5.74) is 3.19. The summed E-state index contributed by atoms with van der Waals surface area (Å²) in [5.74, 6) is -0.619. The van der Waals surface area contributed by atoms with Gasteiger partial charge in [-0.05, 0) is 48.9 Å². The Balaban J connectivity index is 1.42. The van der Waals surface area contributed by atoms with Gasteiger partial charge in [0.25, 0.3) is 5.91 Å². The number of carbonyl (C=O) groups excluding carboxylic acids is 1. The van der Waals surface area contributed by atoms with Crippen molar-refractivity contribution in [2.24, 2.45) is 0 Å². The van der Waals surface area contributed by atoms with Gasteiger partial charge in [0, 0.05) is 23.3 Å². The Kier molecular flexibility index (Phi) is 4.85. The smallest absolute Gasteiger partial charge is 0.343 e. The van der Waals surface area contributed by atoms with E-state index in [9.17, 15) is 18.0 Å². The number of nitrogens with one attached hydrogen (secondary N) is 3. The Morgan fingerprint density at radius 3 is 2.45 bits per heavy atom. The van der Waals surface area contributed by atoms with Crippen molar-refractivity contribution in [2.45, 2.75) is 19.1 Å². The first-order valence-electron chi connectivity index (χ1n) is 10.1. The molecule has 0 fully saturated rings. The Bertz CT molecular complexity index is 1470. The highest BCUT2D eigenvalue weighted by Gasteiger charge is 2.31. The molecule has 5 rings (SSSR count). The summed E-state index contributed by atoms with van der Waals surface area (Å²) < 4.78 is 39.0. The molecule has 0 aliphatic rings. The van der Waals surface area contributed by atoms with Crippen LogP contribution in [0.2, 0.25) is 0 Å². The van der Waals surface area contributed by atoms with Gasteiger partial charge >= 0.3 is 6.18 Å². The highest BCUT2D eigenvalue weighted by atomic mass is 19.4. The van der Waals surface area contributed by atoms with Crippen LogP contribution < -0.4 is 5.32 Å². The van der Waals surface area contributed by atoms with E-state index in [0.29, 0.717) is 16.6 Å². The molecule has 0 unspecified atom stereocenters. The minimum atomic E-state index is -4.46. The van der Waals surface area contributed by atoms with Crippen molar-refractivity contribution in [3.63, 3.8) is 0 Å². The molecule has 3 N–H and O–H groups in total. The van der Waals surface area contributed by atoms with E-state index in [1.165, 1.54) is 12.1 Å². The van der Waals surface area contributed by atoms with Gasteiger partial charge in [0.2, 0.25) is 5.82 Å². The van der Waals surface area contributed by atoms with Crippen LogP contribution in [0.5, 0.6) is 0 Å². The van der Waals surface area contributed by atoms with Gasteiger partial charge in [-0.15, -0.1) is 0 Å². The van der Waals surface area contributed by atoms with Crippen LogP contribution in [0.3, 0.4) is 0 Å². The molecule has 0 saturated carbocycles. The van der Waals surface area contributed by atoms with Gasteiger partial charge in [-0.2, -0.15) is 13.2 Å². The van der Waals surface area contributed by atoms with Gasteiger partial charge in [-0.3, -0.25) is 14.9 Å². The van der Waals surface area contributed by atoms with Crippen molar-refractivity contribution < 1.29 is 18.0 Å². The number of benzene rings is 2. The fraction of sp³-hybridized carbons (Fsp3) is 0.130. The number of alkyl halides is 3. The van der Waals surface area contributed by atoms with E-state index in [1.807, 2.05) is 18.2 Å². The first-order valence-corrected chi connectivity index (χ1v) is 10.1. The standard InChI is InChI=1S/C23H17F3N6O/c1-12(14-3-2-4-15(9-14)23(24,25)26)28-22(33)21-29-18-10-16-17(11-19(18)30-21)31-32-20(16)13-5-7-27-8-6-13/h2-12,31-32H,1H3,(H,28,33)/t12-/m1/s1. The van der Waals surface area contributed by atoms with Gasteiger partial charge in [-0.1, -0.05) is 12.1 Å². The predicted octanol–water partition coefficient (Wildman–Crippen LogP) is 5.01. The topological polar surface area (TPSA) is 99.3 Å². The maximum absolute atomic E-state index is 13.0. The molecule has 0 spiro atoms. The molecule has 0 saturated heterocycles. The molecule has 0 bridgehead atoms. The predicted molar refractivity (Wildman–Crippen MR) is 116 cm³/mol. The number of amides is 1. The number of hydrogen-bond acceptors (Lipinski definition) is 4. The molecule has 0 aliphatic carbocycles. The van der Waals surface area contributed by atoms with Crippen LogP contribution in [-0.2, 0) is 6.18 Å². The van der Waals surface area contributed by atoms with E-state index >= 15 is 0 Å². The zero-order valence-electron chi connectivity index (χ0n) is 17.2. The lowest BCUT2D eigenvalue weighted by molar-refractivity contribution is -0.137. The number of nitrogens with zero attached hydrogens (tertiary/aromatic N) is 3. The zero-order chi connectivity index (χ0) is 23.2. The fourth-order valence-corrected chi connectivity index (χ4v) is 3.69. The summed E-state index contributed by atoms with van der Waals surface area (Å²) in [6, 6.07) is 11.5. The van der Waals surface area contributed by atoms with Gasteiger partial charge in [0.05, 0.1) is 33.8 Å². The fourth-order valence-electron chi connectivity index (χ4n) is 3.69. The number of halogens is 3. The molecular weight excluding hydrogens is 433 g/mol. The van der Waals surface area contributed by atoms with Crippen molar-refractivity contribution in [2.75, 3.05) is 0 Å². The summed E-state index contributed by atoms with van der Waals surface area (Å²) in [6.45, 7) is 1.61. The normalized spacial score (nSPS) is 12.8. The summed E-state index contributed by atoms with van der Waals surface area (Å²) in [4.78, 5) is 25.4. The van der Waals surface area contributed by atoms with Crippen LogP contribution >= 0.6 is 0 Å². The summed E-state index contributed by atoms with van der Waals surface area (Å²) >= 11 is 0. The molecule has 1 amide bonds. The van der Waals surface area contributed by atoms with E-state index in [2.05, 4.69) is 30.5 Å². The van der Waals surface area contributed by atoms with Gasteiger partial charge < -0.3 is 10.4 Å². The highest BCUT2D eigenvalue weighted by molar-refractivity contribution is 6.02. The van der Waals surface area contributed by atoms with Crippen LogP contribution in [-0.4, -0.2) is 31.1 Å². The van der Waals surface area contributed by atoms with Crippen LogP contribution in [0.25, 0.3) is 33.2 Å². The SMILES string of the molecule is C[C@@H](NC(=O)c1nc2cc3[nH][nH]c(-c4ccncc4)c3cc2n1)c1cccc(C(F)(F)F)c1. The van der Waals surface area contributed by atoms with Crippen LogP contribution in [0.1, 0.15) is 34.7 Å². The molecular formula is C23H17F3N6O. The zero-order valence-corrected chi connectivity index (χ0v) is 17.2. The molecule has 10 heteroatoms. The largest absolute Gasteiger partial charge is 0.416 e. The summed E-state index contributed by atoms with van der Waals surface area (Å²) in [6.07, 6.45) is -1.07. The number of aromatic amines is 2. The Morgan fingerprint density at radius 2 is 1.73 bits per heavy atom. The minimum absolute atomic E-state index is 0.0501. The quantitative estimate of drug-likeness (QED) is 0.358. The van der Waals surface area contributed by atoms with Crippen molar-refractivity contribution >= 4 is 27.8 Å². The maximum atomic E-state index is 13.0. The van der Waals surface area contributed by atoms with Crippen LogP contribution in [0, 0.1) is 0 Å². The van der Waals surface area contributed by atoms with E-state index in [4.69, 9.17) is 0 Å². The van der Waals surface area contributed by atoms with Gasteiger partial charge in [0.15, 0.2) is 0 Å². The molecule has 2 aromatic carbocycles. The van der Waals surface area contributed by atoms with Crippen molar-refractivity contribution in [3.8, 4) is 11.3 Å². The number of pyridine rings is 1. The third-order valence-corrected chi connectivity index (χ3v) is 5.39. The molecule has 166 valence electrons. The molecule has 3 aromatic heterocycles. The Hall–Kier alpha value is -4.21. The second-order valence-corrected chi connectivity index (χ2v) is 7.61. The lowest BCUT2D eigenvalue weighted by Gasteiger charge is -2.15.